The predicted molar refractivity (Wildman–Crippen MR) is 133 cm³/mol. The lowest BCUT2D eigenvalue weighted by Crippen LogP contribution is -2.67. The van der Waals surface area contributed by atoms with Gasteiger partial charge in [0, 0.05) is 17.1 Å². The normalized spacial score (nSPS) is 36.9. The fourth-order valence-electron chi connectivity index (χ4n) is 5.54. The van der Waals surface area contributed by atoms with E-state index in [2.05, 4.69) is 0 Å². The molecule has 1 heterocycles. The maximum absolute atomic E-state index is 13.3. The van der Waals surface area contributed by atoms with E-state index in [0.717, 1.165) is 13.0 Å². The Balaban J connectivity index is 2.36. The summed E-state index contributed by atoms with van der Waals surface area (Å²) in [6.07, 6.45) is 13.0. The van der Waals surface area contributed by atoms with Crippen molar-refractivity contribution in [1.29, 1.82) is 0 Å². The maximum atomic E-state index is 13.3. The molecule has 0 spiro atoms. The van der Waals surface area contributed by atoms with Crippen LogP contribution in [0, 0.1) is 11.3 Å². The minimum absolute atomic E-state index is 0.0529. The lowest BCUT2D eigenvalue weighted by Gasteiger charge is -2.49. The van der Waals surface area contributed by atoms with Gasteiger partial charge in [-0.15, -0.1) is 0 Å². The number of ether oxygens (including phenoxy) is 1. The zero-order valence-corrected chi connectivity index (χ0v) is 21.2. The molecule has 0 amide bonds. The van der Waals surface area contributed by atoms with Crippen molar-refractivity contribution < 1.29 is 39.5 Å². The van der Waals surface area contributed by atoms with Crippen LogP contribution in [-0.4, -0.2) is 54.8 Å². The number of carbonyl (C=O) groups excluding carboxylic acids is 3. The smallest absolute Gasteiger partial charge is 0.213 e. The number of aliphatic hydroxyl groups is 4. The molecule has 0 aromatic rings. The second-order valence-corrected chi connectivity index (χ2v) is 9.76. The van der Waals surface area contributed by atoms with Crippen LogP contribution in [0.25, 0.3) is 0 Å². The first-order valence-corrected chi connectivity index (χ1v) is 11.6. The molecule has 2 aliphatic carbocycles. The first-order valence-electron chi connectivity index (χ1n) is 11.6. The minimum atomic E-state index is -2.68. The molecule has 1 aliphatic heterocycles. The SMILES string of the molecule is C/C=C/C=C/C(=O)C1=C[C@@]2(C)[C@H]3C(C(=O)/C=C/C=C/C)=C(O)C(C)=C(O)[C@@]3(C)O[C@@]2(O)[C@@](C)(O)C1=O. The molecule has 8 nitrogen and oxygen atoms in total. The first kappa shape index (κ1) is 27.3. The molecule has 1 saturated heterocycles. The highest BCUT2D eigenvalue weighted by atomic mass is 16.7. The van der Waals surface area contributed by atoms with Crippen molar-refractivity contribution in [2.45, 2.75) is 58.5 Å². The van der Waals surface area contributed by atoms with E-state index in [9.17, 15) is 34.8 Å². The Kier molecular flexibility index (Phi) is 6.78. The third-order valence-corrected chi connectivity index (χ3v) is 7.39. The highest BCUT2D eigenvalue weighted by Gasteiger charge is 2.79. The Morgan fingerprint density at radius 3 is 2.00 bits per heavy atom. The number of ketones is 3. The standard InChI is InChI=1S/C28H32O8/c1-7-9-11-13-18(29)17-15-25(4)22-20(19(30)14-12-10-8-2)21(31)16(3)23(32)26(22,5)36-28(25,35)27(6,34)24(17)33/h7-15,22,31-32,34-35H,1-6H3/b9-7+,10-8+,13-11+,14-12+/t22-,25+,26+,27+,28-/m1/s1. The van der Waals surface area contributed by atoms with E-state index in [-0.39, 0.29) is 11.1 Å². The highest BCUT2D eigenvalue weighted by molar-refractivity contribution is 6.27. The summed E-state index contributed by atoms with van der Waals surface area (Å²) in [5, 5.41) is 45.3. The van der Waals surface area contributed by atoms with Gasteiger partial charge in [-0.2, -0.15) is 0 Å². The van der Waals surface area contributed by atoms with E-state index in [4.69, 9.17) is 4.74 Å². The van der Waals surface area contributed by atoms with E-state index in [0.29, 0.717) is 0 Å². The van der Waals surface area contributed by atoms with Gasteiger partial charge in [0.25, 0.3) is 0 Å². The second kappa shape index (κ2) is 8.96. The fraction of sp³-hybridized carbons (Fsp3) is 0.393. The monoisotopic (exact) mass is 496 g/mol. The van der Waals surface area contributed by atoms with Crippen LogP contribution in [-0.2, 0) is 19.1 Å². The summed E-state index contributed by atoms with van der Waals surface area (Å²) in [5.74, 6) is -7.38. The second-order valence-electron chi connectivity index (χ2n) is 9.76. The zero-order valence-electron chi connectivity index (χ0n) is 21.2. The molecular formula is C28H32O8. The summed E-state index contributed by atoms with van der Waals surface area (Å²) in [6.45, 7) is 8.72. The van der Waals surface area contributed by atoms with E-state index in [1.54, 1.807) is 38.2 Å². The van der Waals surface area contributed by atoms with Gasteiger partial charge in [0.15, 0.2) is 17.2 Å². The van der Waals surface area contributed by atoms with Crippen LogP contribution in [0.5, 0.6) is 0 Å². The third-order valence-electron chi connectivity index (χ3n) is 7.39. The van der Waals surface area contributed by atoms with Gasteiger partial charge in [-0.3, -0.25) is 14.4 Å². The average molecular weight is 497 g/mol. The molecule has 0 saturated carbocycles. The van der Waals surface area contributed by atoms with Crippen molar-refractivity contribution in [3.8, 4) is 0 Å². The molecule has 0 aromatic carbocycles. The molecule has 1 fully saturated rings. The lowest BCUT2D eigenvalue weighted by molar-refractivity contribution is -0.314. The van der Waals surface area contributed by atoms with Gasteiger partial charge in [-0.05, 0) is 46.8 Å². The summed E-state index contributed by atoms with van der Waals surface area (Å²) >= 11 is 0. The number of fused-ring (bicyclic) bond motifs is 3. The Hall–Kier alpha value is -3.33. The predicted octanol–water partition coefficient (Wildman–Crippen LogP) is 3.41. The number of rotatable bonds is 6. The van der Waals surface area contributed by atoms with Gasteiger partial charge in [-0.25, -0.2) is 0 Å². The first-order chi connectivity index (χ1) is 16.7. The molecule has 3 aliphatic rings. The minimum Gasteiger partial charge on any atom is -0.509 e. The summed E-state index contributed by atoms with van der Waals surface area (Å²) in [6, 6.07) is 0. The van der Waals surface area contributed by atoms with Crippen molar-refractivity contribution in [2.24, 2.45) is 11.3 Å². The van der Waals surface area contributed by atoms with Gasteiger partial charge >= 0.3 is 0 Å². The molecule has 4 N–H and O–H groups in total. The van der Waals surface area contributed by atoms with Crippen LogP contribution >= 0.6 is 0 Å². The summed E-state index contributed by atoms with van der Waals surface area (Å²) < 4.78 is 5.95. The molecule has 0 aromatic heterocycles. The number of hydrogen-bond acceptors (Lipinski definition) is 8. The summed E-state index contributed by atoms with van der Waals surface area (Å²) in [5.41, 5.74) is -6.95. The molecule has 8 heteroatoms. The molecule has 36 heavy (non-hydrogen) atoms. The van der Waals surface area contributed by atoms with Gasteiger partial charge < -0.3 is 25.2 Å². The van der Waals surface area contributed by atoms with Crippen molar-refractivity contribution in [1.82, 2.24) is 0 Å². The van der Waals surface area contributed by atoms with Crippen molar-refractivity contribution in [3.63, 3.8) is 0 Å². The number of carbonyl (C=O) groups is 3. The van der Waals surface area contributed by atoms with Crippen LogP contribution in [0.15, 0.2) is 82.9 Å². The van der Waals surface area contributed by atoms with E-state index in [1.807, 2.05) is 0 Å². The topological polar surface area (TPSA) is 141 Å². The maximum Gasteiger partial charge on any atom is 0.213 e. The summed E-state index contributed by atoms with van der Waals surface area (Å²) in [4.78, 5) is 39.6. The van der Waals surface area contributed by atoms with Crippen molar-refractivity contribution >= 4 is 17.3 Å². The van der Waals surface area contributed by atoms with E-state index < -0.39 is 62.8 Å². The van der Waals surface area contributed by atoms with Crippen LogP contribution in [0.3, 0.4) is 0 Å². The third kappa shape index (κ3) is 3.51. The van der Waals surface area contributed by atoms with E-state index in [1.165, 1.54) is 45.1 Å². The largest absolute Gasteiger partial charge is 0.509 e. The zero-order chi connectivity index (χ0) is 27.3. The molecule has 0 unspecified atom stereocenters. The number of Topliss-reactive ketones (excluding diaryl/α,β-unsaturated/α-hetero) is 1. The number of allylic oxidation sites excluding steroid dienone is 9. The van der Waals surface area contributed by atoms with Gasteiger partial charge in [0.05, 0.1) is 11.0 Å². The highest BCUT2D eigenvalue weighted by Crippen LogP contribution is 2.66. The van der Waals surface area contributed by atoms with Crippen LogP contribution in [0.4, 0.5) is 0 Å². The molecule has 0 radical (unpaired) electrons. The Bertz CT molecular complexity index is 1240. The molecule has 5 atom stereocenters. The van der Waals surface area contributed by atoms with Crippen LogP contribution in [0.2, 0.25) is 0 Å². The molecular weight excluding hydrogens is 464 g/mol. The Labute approximate surface area is 210 Å². The van der Waals surface area contributed by atoms with Crippen LogP contribution in [0.1, 0.15) is 41.5 Å². The van der Waals surface area contributed by atoms with Crippen molar-refractivity contribution in [3.05, 3.63) is 82.9 Å². The fourth-order valence-corrected chi connectivity index (χ4v) is 5.54. The van der Waals surface area contributed by atoms with Crippen LogP contribution < -0.4 is 0 Å². The van der Waals surface area contributed by atoms with Crippen molar-refractivity contribution in [2.75, 3.05) is 0 Å². The number of hydrogen-bond donors (Lipinski definition) is 4. The lowest BCUT2D eigenvalue weighted by atomic mass is 9.55. The summed E-state index contributed by atoms with van der Waals surface area (Å²) in [7, 11) is 0. The average Bonchev–Trinajstić information content (AvgIpc) is 3.00. The number of aliphatic hydroxyl groups excluding tert-OH is 2. The Morgan fingerprint density at radius 1 is 0.944 bits per heavy atom. The quantitative estimate of drug-likeness (QED) is 0.249. The van der Waals surface area contributed by atoms with Gasteiger partial charge in [0.1, 0.15) is 17.1 Å². The van der Waals surface area contributed by atoms with E-state index >= 15 is 0 Å². The van der Waals surface area contributed by atoms with Gasteiger partial charge in [0.2, 0.25) is 11.6 Å². The molecule has 192 valence electrons. The molecule has 3 rings (SSSR count). The Morgan fingerprint density at radius 2 is 1.47 bits per heavy atom. The molecule has 0 bridgehead atoms. The van der Waals surface area contributed by atoms with Gasteiger partial charge in [-0.1, -0.05) is 49.5 Å².